The third-order valence-corrected chi connectivity index (χ3v) is 3.73. The smallest absolute Gasteiger partial charge is 0.145 e. The van der Waals surface area contributed by atoms with E-state index < -0.39 is 0 Å². The van der Waals surface area contributed by atoms with Crippen LogP contribution < -0.4 is 5.73 Å². The fourth-order valence-electron chi connectivity index (χ4n) is 2.58. The SMILES string of the molecule is Cc1ccc(-n2nc(-c3ccc(F)cc3)c(C#N)c2N)c(C)c1. The lowest BCUT2D eigenvalue weighted by molar-refractivity contribution is 0.628. The maximum Gasteiger partial charge on any atom is 0.145 e. The summed E-state index contributed by atoms with van der Waals surface area (Å²) in [6.45, 7) is 3.97. The molecule has 0 aliphatic heterocycles. The van der Waals surface area contributed by atoms with Gasteiger partial charge in [0, 0.05) is 5.56 Å². The van der Waals surface area contributed by atoms with E-state index in [9.17, 15) is 9.65 Å². The van der Waals surface area contributed by atoms with Gasteiger partial charge in [-0.05, 0) is 49.7 Å². The van der Waals surface area contributed by atoms with Gasteiger partial charge in [-0.15, -0.1) is 0 Å². The number of aromatic nitrogens is 2. The molecule has 0 bridgehead atoms. The lowest BCUT2D eigenvalue weighted by Gasteiger charge is -2.08. The molecule has 0 unspecified atom stereocenters. The molecule has 114 valence electrons. The lowest BCUT2D eigenvalue weighted by Crippen LogP contribution is -2.04. The Morgan fingerprint density at radius 3 is 2.43 bits per heavy atom. The van der Waals surface area contributed by atoms with Gasteiger partial charge in [0.05, 0.1) is 5.69 Å². The highest BCUT2D eigenvalue weighted by molar-refractivity contribution is 5.74. The number of aryl methyl sites for hydroxylation is 2. The largest absolute Gasteiger partial charge is 0.382 e. The number of nitrogens with zero attached hydrogens (tertiary/aromatic N) is 3. The molecule has 1 heterocycles. The van der Waals surface area contributed by atoms with Crippen LogP contribution in [0.4, 0.5) is 10.2 Å². The van der Waals surface area contributed by atoms with E-state index in [1.165, 1.54) is 12.1 Å². The van der Waals surface area contributed by atoms with Crippen LogP contribution >= 0.6 is 0 Å². The summed E-state index contributed by atoms with van der Waals surface area (Å²) in [6, 6.07) is 13.9. The molecule has 0 saturated carbocycles. The van der Waals surface area contributed by atoms with Gasteiger partial charge in [-0.2, -0.15) is 10.4 Å². The minimum absolute atomic E-state index is 0.277. The molecular formula is C18H15FN4. The van der Waals surface area contributed by atoms with Gasteiger partial charge >= 0.3 is 0 Å². The second-order valence-electron chi connectivity index (χ2n) is 5.43. The van der Waals surface area contributed by atoms with Crippen LogP contribution in [0, 0.1) is 31.0 Å². The number of nitrogens with two attached hydrogens (primary N) is 1. The van der Waals surface area contributed by atoms with Gasteiger partial charge in [0.1, 0.15) is 29.0 Å². The van der Waals surface area contributed by atoms with Crippen LogP contribution in [0.15, 0.2) is 42.5 Å². The highest BCUT2D eigenvalue weighted by atomic mass is 19.1. The molecule has 0 radical (unpaired) electrons. The summed E-state index contributed by atoms with van der Waals surface area (Å²) in [4.78, 5) is 0. The van der Waals surface area contributed by atoms with Crippen molar-refractivity contribution >= 4 is 5.82 Å². The first-order valence-corrected chi connectivity index (χ1v) is 7.13. The number of hydrogen-bond acceptors (Lipinski definition) is 3. The first-order chi connectivity index (χ1) is 11.0. The van der Waals surface area contributed by atoms with Crippen molar-refractivity contribution in [1.82, 2.24) is 9.78 Å². The van der Waals surface area contributed by atoms with Crippen molar-refractivity contribution in [2.75, 3.05) is 5.73 Å². The van der Waals surface area contributed by atoms with Crippen molar-refractivity contribution in [3.05, 3.63) is 65.0 Å². The van der Waals surface area contributed by atoms with E-state index in [0.29, 0.717) is 11.3 Å². The van der Waals surface area contributed by atoms with Gasteiger partial charge in [-0.1, -0.05) is 17.7 Å². The zero-order valence-corrected chi connectivity index (χ0v) is 12.8. The van der Waals surface area contributed by atoms with Gasteiger partial charge in [0.2, 0.25) is 0 Å². The number of rotatable bonds is 2. The summed E-state index contributed by atoms with van der Waals surface area (Å²) in [5, 5.41) is 13.9. The van der Waals surface area contributed by atoms with Crippen LogP contribution in [0.3, 0.4) is 0 Å². The molecule has 2 N–H and O–H groups in total. The molecule has 0 fully saturated rings. The summed E-state index contributed by atoms with van der Waals surface area (Å²) in [7, 11) is 0. The standard InChI is InChI=1S/C18H15FN4/c1-11-3-8-16(12(2)9-11)23-18(21)15(10-20)17(22-23)13-4-6-14(19)7-5-13/h3-9H,21H2,1-2H3. The summed E-state index contributed by atoms with van der Waals surface area (Å²) in [5.74, 6) is -0.0622. The minimum atomic E-state index is -0.339. The van der Waals surface area contributed by atoms with Crippen molar-refractivity contribution in [3.8, 4) is 23.0 Å². The predicted molar refractivity (Wildman–Crippen MR) is 87.6 cm³/mol. The van der Waals surface area contributed by atoms with E-state index in [1.807, 2.05) is 32.0 Å². The van der Waals surface area contributed by atoms with E-state index >= 15 is 0 Å². The second-order valence-corrected chi connectivity index (χ2v) is 5.43. The lowest BCUT2D eigenvalue weighted by atomic mass is 10.1. The molecule has 2 aromatic carbocycles. The summed E-state index contributed by atoms with van der Waals surface area (Å²) >= 11 is 0. The molecule has 4 nitrogen and oxygen atoms in total. The molecule has 5 heteroatoms. The Morgan fingerprint density at radius 2 is 1.83 bits per heavy atom. The molecule has 0 amide bonds. The number of nitriles is 1. The summed E-state index contributed by atoms with van der Waals surface area (Å²) in [5.41, 5.74) is 10.5. The van der Waals surface area contributed by atoms with Crippen LogP contribution in [-0.4, -0.2) is 9.78 Å². The Bertz CT molecular complexity index is 917. The molecule has 3 rings (SSSR count). The Morgan fingerprint density at radius 1 is 1.13 bits per heavy atom. The molecule has 3 aromatic rings. The highest BCUT2D eigenvalue weighted by Crippen LogP contribution is 2.29. The zero-order valence-electron chi connectivity index (χ0n) is 12.8. The molecule has 1 aromatic heterocycles. The average molecular weight is 306 g/mol. The highest BCUT2D eigenvalue weighted by Gasteiger charge is 2.18. The second kappa shape index (κ2) is 5.58. The zero-order chi connectivity index (χ0) is 16.6. The molecule has 23 heavy (non-hydrogen) atoms. The van der Waals surface area contributed by atoms with E-state index in [1.54, 1.807) is 16.8 Å². The molecule has 0 atom stereocenters. The molecule has 0 aliphatic carbocycles. The van der Waals surface area contributed by atoms with Gasteiger partial charge in [0.15, 0.2) is 0 Å². The van der Waals surface area contributed by atoms with Crippen LogP contribution in [0.25, 0.3) is 16.9 Å². The Labute approximate surface area is 133 Å². The normalized spacial score (nSPS) is 10.5. The van der Waals surface area contributed by atoms with Crippen molar-refractivity contribution in [3.63, 3.8) is 0 Å². The maximum atomic E-state index is 13.1. The van der Waals surface area contributed by atoms with Crippen molar-refractivity contribution < 1.29 is 4.39 Å². The minimum Gasteiger partial charge on any atom is -0.382 e. The van der Waals surface area contributed by atoms with Crippen LogP contribution in [0.2, 0.25) is 0 Å². The number of benzene rings is 2. The number of halogens is 1. The monoisotopic (exact) mass is 306 g/mol. The third-order valence-electron chi connectivity index (χ3n) is 3.73. The van der Waals surface area contributed by atoms with Crippen LogP contribution in [-0.2, 0) is 0 Å². The number of anilines is 1. The first-order valence-electron chi connectivity index (χ1n) is 7.13. The summed E-state index contributed by atoms with van der Waals surface area (Å²) in [6.07, 6.45) is 0. The van der Waals surface area contributed by atoms with E-state index in [2.05, 4.69) is 11.2 Å². The van der Waals surface area contributed by atoms with Gasteiger partial charge < -0.3 is 5.73 Å². The quantitative estimate of drug-likeness (QED) is 0.784. The number of hydrogen-bond donors (Lipinski definition) is 1. The van der Waals surface area contributed by atoms with E-state index in [-0.39, 0.29) is 17.2 Å². The Hall–Kier alpha value is -3.13. The molecular weight excluding hydrogens is 291 g/mol. The average Bonchev–Trinajstić information content (AvgIpc) is 2.85. The summed E-state index contributed by atoms with van der Waals surface area (Å²) < 4.78 is 14.7. The molecule has 0 saturated heterocycles. The number of nitrogen functional groups attached to an aromatic ring is 1. The van der Waals surface area contributed by atoms with Crippen molar-refractivity contribution in [2.24, 2.45) is 0 Å². The Kier molecular flexibility index (Phi) is 3.59. The maximum absolute atomic E-state index is 13.1. The third kappa shape index (κ3) is 2.55. The fraction of sp³-hybridized carbons (Fsp3) is 0.111. The molecule has 0 spiro atoms. The van der Waals surface area contributed by atoms with Gasteiger partial charge in [-0.25, -0.2) is 9.07 Å². The van der Waals surface area contributed by atoms with Crippen molar-refractivity contribution in [2.45, 2.75) is 13.8 Å². The van der Waals surface area contributed by atoms with E-state index in [4.69, 9.17) is 5.73 Å². The van der Waals surface area contributed by atoms with Crippen LogP contribution in [0.1, 0.15) is 16.7 Å². The van der Waals surface area contributed by atoms with Gasteiger partial charge in [0.25, 0.3) is 0 Å². The topological polar surface area (TPSA) is 67.6 Å². The Balaban J connectivity index is 2.21. The fourth-order valence-corrected chi connectivity index (χ4v) is 2.58. The van der Waals surface area contributed by atoms with Crippen LogP contribution in [0.5, 0.6) is 0 Å². The first kappa shape index (κ1) is 14.8. The van der Waals surface area contributed by atoms with Crippen molar-refractivity contribution in [1.29, 1.82) is 5.26 Å². The van der Waals surface area contributed by atoms with Gasteiger partial charge in [-0.3, -0.25) is 0 Å². The molecule has 0 aliphatic rings. The van der Waals surface area contributed by atoms with E-state index in [0.717, 1.165) is 16.8 Å². The predicted octanol–water partition coefficient (Wildman–Crippen LogP) is 3.75.